The monoisotopic (exact) mass is 330 g/mol. The first-order valence-corrected chi connectivity index (χ1v) is 7.00. The standard InChI is InChI=1S/C13H14F6O.C2H6/c1-2-3-11(20)6-8-4-9(12(14,15)16)7-10(5-8)13(17,18)19;1-2/h4-5,7,11,20H,2-3,6H2,1H3;1-2H3. The smallest absolute Gasteiger partial charge is 0.393 e. The van der Waals surface area contributed by atoms with Crippen LogP contribution in [0.2, 0.25) is 0 Å². The maximum absolute atomic E-state index is 12.6. The summed E-state index contributed by atoms with van der Waals surface area (Å²) in [4.78, 5) is 0. The van der Waals surface area contributed by atoms with Crippen LogP contribution >= 0.6 is 0 Å². The van der Waals surface area contributed by atoms with Gasteiger partial charge in [0.1, 0.15) is 0 Å². The van der Waals surface area contributed by atoms with Crippen LogP contribution in [0, 0.1) is 0 Å². The Morgan fingerprint density at radius 1 is 0.909 bits per heavy atom. The highest BCUT2D eigenvalue weighted by atomic mass is 19.4. The lowest BCUT2D eigenvalue weighted by Crippen LogP contribution is -2.15. The number of aliphatic hydroxyl groups is 1. The highest BCUT2D eigenvalue weighted by molar-refractivity contribution is 5.34. The highest BCUT2D eigenvalue weighted by Crippen LogP contribution is 2.36. The van der Waals surface area contributed by atoms with E-state index in [-0.39, 0.29) is 18.1 Å². The molecule has 1 unspecified atom stereocenters. The van der Waals surface area contributed by atoms with Crippen LogP contribution in [0.4, 0.5) is 26.3 Å². The third kappa shape index (κ3) is 6.68. The molecule has 7 heteroatoms. The van der Waals surface area contributed by atoms with Crippen LogP contribution in [0.15, 0.2) is 18.2 Å². The average molecular weight is 330 g/mol. The summed E-state index contributed by atoms with van der Waals surface area (Å²) in [5.41, 5.74) is -2.88. The Bertz CT molecular complexity index is 418. The second-order valence-corrected chi connectivity index (χ2v) is 4.56. The molecular weight excluding hydrogens is 310 g/mol. The molecule has 1 atom stereocenters. The quantitative estimate of drug-likeness (QED) is 0.728. The van der Waals surface area contributed by atoms with Gasteiger partial charge in [-0.25, -0.2) is 0 Å². The normalized spacial score (nSPS) is 13.4. The lowest BCUT2D eigenvalue weighted by Gasteiger charge is -2.16. The highest BCUT2D eigenvalue weighted by Gasteiger charge is 2.36. The zero-order valence-electron chi connectivity index (χ0n) is 12.6. The van der Waals surface area contributed by atoms with E-state index in [9.17, 15) is 31.4 Å². The van der Waals surface area contributed by atoms with Gasteiger partial charge >= 0.3 is 12.4 Å². The molecule has 0 heterocycles. The van der Waals surface area contributed by atoms with Gasteiger partial charge in [0.25, 0.3) is 0 Å². The van der Waals surface area contributed by atoms with Crippen molar-refractivity contribution in [3.05, 3.63) is 34.9 Å². The molecule has 0 spiro atoms. The molecule has 22 heavy (non-hydrogen) atoms. The average Bonchev–Trinajstić information content (AvgIpc) is 2.39. The van der Waals surface area contributed by atoms with E-state index in [0.29, 0.717) is 25.0 Å². The van der Waals surface area contributed by atoms with Crippen LogP contribution < -0.4 is 0 Å². The molecule has 1 nitrogen and oxygen atoms in total. The number of halogens is 6. The summed E-state index contributed by atoms with van der Waals surface area (Å²) in [5, 5.41) is 9.53. The molecule has 0 amide bonds. The second kappa shape index (κ2) is 8.41. The molecule has 0 aliphatic carbocycles. The van der Waals surface area contributed by atoms with E-state index >= 15 is 0 Å². The van der Waals surface area contributed by atoms with Gasteiger partial charge in [0.2, 0.25) is 0 Å². The van der Waals surface area contributed by atoms with E-state index < -0.39 is 29.6 Å². The van der Waals surface area contributed by atoms with Crippen molar-refractivity contribution in [3.8, 4) is 0 Å². The minimum absolute atomic E-state index is 0.0791. The van der Waals surface area contributed by atoms with Crippen molar-refractivity contribution in [2.75, 3.05) is 0 Å². The topological polar surface area (TPSA) is 20.2 Å². The number of rotatable bonds is 4. The maximum atomic E-state index is 12.6. The molecule has 1 rings (SSSR count). The first-order valence-electron chi connectivity index (χ1n) is 7.00. The Morgan fingerprint density at radius 3 is 1.64 bits per heavy atom. The van der Waals surface area contributed by atoms with E-state index in [1.807, 2.05) is 13.8 Å². The molecule has 0 aromatic heterocycles. The number of aliphatic hydroxyl groups excluding tert-OH is 1. The van der Waals surface area contributed by atoms with Crippen LogP contribution in [0.3, 0.4) is 0 Å². The zero-order valence-corrected chi connectivity index (χ0v) is 12.6. The van der Waals surface area contributed by atoms with Gasteiger partial charge in [-0.3, -0.25) is 0 Å². The van der Waals surface area contributed by atoms with Gasteiger partial charge in [0, 0.05) is 0 Å². The SMILES string of the molecule is CC.CCCC(O)Cc1cc(C(F)(F)F)cc(C(F)(F)F)c1. The Labute approximate surface area is 126 Å². The van der Waals surface area contributed by atoms with E-state index in [2.05, 4.69) is 0 Å². The summed E-state index contributed by atoms with van der Waals surface area (Å²) in [6, 6.07) is 1.37. The molecule has 128 valence electrons. The fourth-order valence-electron chi connectivity index (χ4n) is 1.84. The van der Waals surface area contributed by atoms with Crippen molar-refractivity contribution in [2.24, 2.45) is 0 Å². The van der Waals surface area contributed by atoms with Gasteiger partial charge < -0.3 is 5.11 Å². The van der Waals surface area contributed by atoms with Crippen LogP contribution in [-0.4, -0.2) is 11.2 Å². The maximum Gasteiger partial charge on any atom is 0.416 e. The van der Waals surface area contributed by atoms with Gasteiger partial charge in [-0.15, -0.1) is 0 Å². The number of benzene rings is 1. The van der Waals surface area contributed by atoms with E-state index in [1.54, 1.807) is 6.92 Å². The number of hydrogen-bond acceptors (Lipinski definition) is 1. The molecule has 0 fully saturated rings. The van der Waals surface area contributed by atoms with Crippen molar-refractivity contribution in [2.45, 2.75) is 58.5 Å². The lowest BCUT2D eigenvalue weighted by molar-refractivity contribution is -0.143. The van der Waals surface area contributed by atoms with E-state index in [1.165, 1.54) is 0 Å². The Balaban J connectivity index is 0.00000211. The van der Waals surface area contributed by atoms with Gasteiger partial charge in [0.05, 0.1) is 17.2 Å². The molecule has 0 aliphatic heterocycles. The Hall–Kier alpha value is -1.24. The second-order valence-electron chi connectivity index (χ2n) is 4.56. The van der Waals surface area contributed by atoms with Crippen LogP contribution in [-0.2, 0) is 18.8 Å². The predicted molar refractivity (Wildman–Crippen MR) is 72.4 cm³/mol. The fourth-order valence-corrected chi connectivity index (χ4v) is 1.84. The summed E-state index contributed by atoms with van der Waals surface area (Å²) in [6.07, 6.45) is -9.99. The first-order chi connectivity index (χ1) is 10.0. The van der Waals surface area contributed by atoms with Crippen molar-refractivity contribution in [1.82, 2.24) is 0 Å². The molecule has 0 radical (unpaired) electrons. The van der Waals surface area contributed by atoms with Gasteiger partial charge in [-0.05, 0) is 36.6 Å². The third-order valence-electron chi connectivity index (χ3n) is 2.74. The lowest BCUT2D eigenvalue weighted by atomic mass is 9.99. The van der Waals surface area contributed by atoms with Crippen LogP contribution in [0.1, 0.15) is 50.3 Å². The van der Waals surface area contributed by atoms with Gasteiger partial charge in [-0.2, -0.15) is 26.3 Å². The third-order valence-corrected chi connectivity index (χ3v) is 2.74. The molecule has 0 bridgehead atoms. The number of hydrogen-bond donors (Lipinski definition) is 1. The summed E-state index contributed by atoms with van der Waals surface area (Å²) >= 11 is 0. The minimum Gasteiger partial charge on any atom is -0.393 e. The van der Waals surface area contributed by atoms with Crippen LogP contribution in [0.25, 0.3) is 0 Å². The molecule has 1 aromatic carbocycles. The van der Waals surface area contributed by atoms with Crippen molar-refractivity contribution < 1.29 is 31.4 Å². The first kappa shape index (κ1) is 20.8. The fraction of sp³-hybridized carbons (Fsp3) is 0.600. The Kier molecular flexibility index (Phi) is 7.93. The van der Waals surface area contributed by atoms with Gasteiger partial charge in [0.15, 0.2) is 0 Å². The van der Waals surface area contributed by atoms with Crippen LogP contribution in [0.5, 0.6) is 0 Å². The molecule has 1 N–H and O–H groups in total. The summed E-state index contributed by atoms with van der Waals surface area (Å²) in [6.45, 7) is 5.76. The summed E-state index contributed by atoms with van der Waals surface area (Å²) in [7, 11) is 0. The zero-order chi connectivity index (χ0) is 17.6. The molecule has 1 aromatic rings. The molecule has 0 saturated heterocycles. The molecule has 0 aliphatic rings. The predicted octanol–water partition coefficient (Wildman–Crippen LogP) is 5.45. The largest absolute Gasteiger partial charge is 0.416 e. The Morgan fingerprint density at radius 2 is 1.32 bits per heavy atom. The van der Waals surface area contributed by atoms with Crippen molar-refractivity contribution in [3.63, 3.8) is 0 Å². The molecular formula is C15H20F6O. The number of alkyl halides is 6. The van der Waals surface area contributed by atoms with Crippen molar-refractivity contribution >= 4 is 0 Å². The van der Waals surface area contributed by atoms with E-state index in [0.717, 1.165) is 0 Å². The van der Waals surface area contributed by atoms with Crippen molar-refractivity contribution in [1.29, 1.82) is 0 Å². The van der Waals surface area contributed by atoms with Gasteiger partial charge in [-0.1, -0.05) is 27.2 Å². The van der Waals surface area contributed by atoms with E-state index in [4.69, 9.17) is 0 Å². The summed E-state index contributed by atoms with van der Waals surface area (Å²) < 4.78 is 75.6. The molecule has 0 saturated carbocycles. The minimum atomic E-state index is -4.86. The summed E-state index contributed by atoms with van der Waals surface area (Å²) in [5.74, 6) is 0.